The van der Waals surface area contributed by atoms with E-state index < -0.39 is 20.4 Å². The maximum Gasteiger partial charge on any atom is 0.348 e. The fraction of sp³-hybridized carbons (Fsp3) is 0.714. The summed E-state index contributed by atoms with van der Waals surface area (Å²) in [5, 5.41) is 8.54. The molecule has 0 aromatic heterocycles. The second-order valence-corrected chi connectivity index (χ2v) is 7.72. The molecule has 0 N–H and O–H groups in total. The molecule has 0 aliphatic rings. The third-order valence-corrected chi connectivity index (χ3v) is 1.95. The fourth-order valence-corrected chi connectivity index (χ4v) is 1.44. The second-order valence-electron chi connectivity index (χ2n) is 3.26. The van der Waals surface area contributed by atoms with Crippen molar-refractivity contribution in [3.8, 4) is 6.07 Å². The number of nitriles is 1. The molecule has 0 fully saturated rings. The van der Waals surface area contributed by atoms with E-state index in [4.69, 9.17) is 9.69 Å². The molecule has 0 aromatic carbocycles. The number of hydrogen-bond donors (Lipinski definition) is 0. The van der Waals surface area contributed by atoms with Gasteiger partial charge in [0.05, 0.1) is 7.11 Å². The van der Waals surface area contributed by atoms with Crippen molar-refractivity contribution in [2.45, 2.75) is 25.7 Å². The fourth-order valence-electron chi connectivity index (χ4n) is 0.588. The van der Waals surface area contributed by atoms with Crippen molar-refractivity contribution in [2.75, 3.05) is 7.11 Å². The Kier molecular flexibility index (Phi) is 3.93. The normalized spacial score (nSPS) is 13.2. The molecule has 0 saturated heterocycles. The number of rotatable bonds is 3. The molecule has 5 heteroatoms. The Bertz CT molecular complexity index is 204. The minimum Gasteiger partial charge on any atom is -0.466 e. The van der Waals surface area contributed by atoms with Gasteiger partial charge in [-0.25, -0.2) is 4.79 Å². The summed E-state index contributed by atoms with van der Waals surface area (Å²) >= 11 is 0. The van der Waals surface area contributed by atoms with E-state index in [0.717, 1.165) is 0 Å². The molecule has 0 radical (unpaired) electrons. The summed E-state index contributed by atoms with van der Waals surface area (Å²) in [6.45, 7) is 5.71. The van der Waals surface area contributed by atoms with E-state index in [1.807, 2.05) is 19.6 Å². The highest BCUT2D eigenvalue weighted by atomic mass is 28.4. The van der Waals surface area contributed by atoms with E-state index in [9.17, 15) is 4.79 Å². The molecule has 0 aliphatic heterocycles. The SMILES string of the molecule is COC(=O)[C@@H](C#N)O[Si](C)(C)C. The first-order valence-corrected chi connectivity index (χ1v) is 6.97. The van der Waals surface area contributed by atoms with Crippen LogP contribution in [0.1, 0.15) is 0 Å². The third kappa shape index (κ3) is 4.11. The van der Waals surface area contributed by atoms with Crippen molar-refractivity contribution in [1.82, 2.24) is 0 Å². The Morgan fingerprint density at radius 2 is 2.00 bits per heavy atom. The smallest absolute Gasteiger partial charge is 0.348 e. The lowest BCUT2D eigenvalue weighted by Gasteiger charge is -2.19. The van der Waals surface area contributed by atoms with Crippen LogP contribution in [0.3, 0.4) is 0 Å². The minimum atomic E-state index is -1.84. The zero-order valence-corrected chi connectivity index (χ0v) is 8.75. The first-order chi connectivity index (χ1) is 5.40. The molecule has 0 rings (SSSR count). The van der Waals surface area contributed by atoms with Gasteiger partial charge in [-0.3, -0.25) is 0 Å². The first-order valence-electron chi connectivity index (χ1n) is 3.56. The number of methoxy groups -OCH3 is 1. The lowest BCUT2D eigenvalue weighted by Crippen LogP contribution is -2.36. The Balaban J connectivity index is 4.22. The van der Waals surface area contributed by atoms with Gasteiger partial charge in [-0.2, -0.15) is 5.26 Å². The van der Waals surface area contributed by atoms with Gasteiger partial charge < -0.3 is 9.16 Å². The van der Waals surface area contributed by atoms with E-state index in [2.05, 4.69) is 4.74 Å². The molecule has 0 bridgehead atoms. The van der Waals surface area contributed by atoms with Gasteiger partial charge in [-0.1, -0.05) is 0 Å². The Morgan fingerprint density at radius 1 is 1.50 bits per heavy atom. The van der Waals surface area contributed by atoms with Gasteiger partial charge >= 0.3 is 5.97 Å². The van der Waals surface area contributed by atoms with Crippen LogP contribution in [0.2, 0.25) is 19.6 Å². The van der Waals surface area contributed by atoms with Gasteiger partial charge in [0.1, 0.15) is 6.07 Å². The molecule has 0 aromatic rings. The standard InChI is InChI=1S/C7H13NO3Si/c1-10-7(9)6(5-8)11-12(2,3)4/h6H,1-4H3/t6-/m1/s1. The summed E-state index contributed by atoms with van der Waals surface area (Å²) in [6.07, 6.45) is -1.07. The zero-order valence-electron chi connectivity index (χ0n) is 7.75. The van der Waals surface area contributed by atoms with E-state index in [1.165, 1.54) is 7.11 Å². The van der Waals surface area contributed by atoms with Crippen LogP contribution in [0.5, 0.6) is 0 Å². The van der Waals surface area contributed by atoms with Crippen molar-refractivity contribution in [3.05, 3.63) is 0 Å². The molecular formula is C7H13NO3Si. The number of carbonyl (C=O) groups is 1. The average Bonchev–Trinajstić information content (AvgIpc) is 1.97. The minimum absolute atomic E-state index is 0.625. The lowest BCUT2D eigenvalue weighted by atomic mass is 10.4. The van der Waals surface area contributed by atoms with Crippen molar-refractivity contribution >= 4 is 14.3 Å². The predicted molar refractivity (Wildman–Crippen MR) is 45.8 cm³/mol. The van der Waals surface area contributed by atoms with Crippen molar-refractivity contribution in [3.63, 3.8) is 0 Å². The molecular weight excluding hydrogens is 174 g/mol. The van der Waals surface area contributed by atoms with Gasteiger partial charge in [-0.15, -0.1) is 0 Å². The monoisotopic (exact) mass is 187 g/mol. The Labute approximate surface area is 73.2 Å². The molecule has 0 heterocycles. The molecule has 1 atom stereocenters. The quantitative estimate of drug-likeness (QED) is 0.486. The first kappa shape index (κ1) is 11.1. The maximum absolute atomic E-state index is 10.9. The number of carbonyl (C=O) groups excluding carboxylic acids is 1. The Hall–Kier alpha value is -0.863. The van der Waals surface area contributed by atoms with Gasteiger partial charge in [-0.05, 0) is 19.6 Å². The van der Waals surface area contributed by atoms with Gasteiger partial charge in [0.2, 0.25) is 6.10 Å². The topological polar surface area (TPSA) is 59.3 Å². The molecule has 0 spiro atoms. The van der Waals surface area contributed by atoms with E-state index in [1.54, 1.807) is 6.07 Å². The molecule has 12 heavy (non-hydrogen) atoms. The Morgan fingerprint density at radius 3 is 2.25 bits per heavy atom. The van der Waals surface area contributed by atoms with Gasteiger partial charge in [0.25, 0.3) is 0 Å². The van der Waals surface area contributed by atoms with E-state index >= 15 is 0 Å². The number of hydrogen-bond acceptors (Lipinski definition) is 4. The lowest BCUT2D eigenvalue weighted by molar-refractivity contribution is -0.146. The summed E-state index contributed by atoms with van der Waals surface area (Å²) in [6, 6.07) is 1.75. The van der Waals surface area contributed by atoms with Crippen LogP contribution in [0.15, 0.2) is 0 Å². The number of ether oxygens (including phenoxy) is 1. The van der Waals surface area contributed by atoms with Crippen LogP contribution in [0.25, 0.3) is 0 Å². The van der Waals surface area contributed by atoms with E-state index in [0.29, 0.717) is 0 Å². The van der Waals surface area contributed by atoms with Gasteiger partial charge in [0.15, 0.2) is 8.32 Å². The highest BCUT2D eigenvalue weighted by molar-refractivity contribution is 6.69. The summed E-state index contributed by atoms with van der Waals surface area (Å²) in [4.78, 5) is 10.9. The number of esters is 1. The number of nitrogens with zero attached hydrogens (tertiary/aromatic N) is 1. The molecule has 0 saturated carbocycles. The molecule has 0 amide bonds. The predicted octanol–water partition coefficient (Wildman–Crippen LogP) is 0.903. The second kappa shape index (κ2) is 4.23. The highest BCUT2D eigenvalue weighted by Gasteiger charge is 2.26. The van der Waals surface area contributed by atoms with Crippen molar-refractivity contribution in [1.29, 1.82) is 5.26 Å². The van der Waals surface area contributed by atoms with Crippen LogP contribution in [0, 0.1) is 11.3 Å². The summed E-state index contributed by atoms with van der Waals surface area (Å²) in [5.74, 6) is -0.625. The molecule has 68 valence electrons. The van der Waals surface area contributed by atoms with E-state index in [-0.39, 0.29) is 0 Å². The third-order valence-electron chi connectivity index (χ3n) is 1.00. The summed E-state index contributed by atoms with van der Waals surface area (Å²) < 4.78 is 9.63. The summed E-state index contributed by atoms with van der Waals surface area (Å²) in [7, 11) is -0.607. The molecule has 4 nitrogen and oxygen atoms in total. The van der Waals surface area contributed by atoms with Crippen molar-refractivity contribution in [2.24, 2.45) is 0 Å². The summed E-state index contributed by atoms with van der Waals surface area (Å²) in [5.41, 5.74) is 0. The average molecular weight is 187 g/mol. The van der Waals surface area contributed by atoms with Crippen LogP contribution < -0.4 is 0 Å². The maximum atomic E-state index is 10.9. The van der Waals surface area contributed by atoms with Crippen LogP contribution in [0.4, 0.5) is 0 Å². The van der Waals surface area contributed by atoms with Crippen molar-refractivity contribution < 1.29 is 14.0 Å². The van der Waals surface area contributed by atoms with Crippen LogP contribution in [-0.2, 0) is 14.0 Å². The highest BCUT2D eigenvalue weighted by Crippen LogP contribution is 2.07. The van der Waals surface area contributed by atoms with Crippen LogP contribution in [-0.4, -0.2) is 27.5 Å². The van der Waals surface area contributed by atoms with Crippen LogP contribution >= 0.6 is 0 Å². The van der Waals surface area contributed by atoms with Gasteiger partial charge in [0, 0.05) is 0 Å². The zero-order chi connectivity index (χ0) is 9.78. The largest absolute Gasteiger partial charge is 0.466 e. The molecule has 0 aliphatic carbocycles. The molecule has 0 unspecified atom stereocenters.